The predicted octanol–water partition coefficient (Wildman–Crippen LogP) is 1.93. The monoisotopic (exact) mass is 281 g/mol. The fourth-order valence-electron chi connectivity index (χ4n) is 2.45. The second-order valence-corrected chi connectivity index (χ2v) is 4.86. The molecule has 1 aliphatic heterocycles. The lowest BCUT2D eigenvalue weighted by molar-refractivity contribution is -0.130. The van der Waals surface area contributed by atoms with Crippen LogP contribution in [0.25, 0.3) is 17.0 Å². The minimum Gasteiger partial charge on any atom is -0.378 e. The average molecular weight is 281 g/mol. The number of fused-ring (bicyclic) bond motifs is 1. The summed E-state index contributed by atoms with van der Waals surface area (Å²) < 4.78 is 5.23. The lowest BCUT2D eigenvalue weighted by Gasteiger charge is -2.26. The standard InChI is InChI=1S/C16H15N3O2/c17-10-12(16(20)19-5-7-21-8-6-19)9-13-11-18-15-4-2-1-3-14(13)15/h1-4,9,11,18H,5-8H2/b12-9-. The van der Waals surface area contributed by atoms with Crippen LogP contribution in [-0.2, 0) is 9.53 Å². The van der Waals surface area contributed by atoms with Gasteiger partial charge in [-0.1, -0.05) is 18.2 Å². The van der Waals surface area contributed by atoms with E-state index in [1.54, 1.807) is 11.0 Å². The number of ether oxygens (including phenoxy) is 1. The SMILES string of the molecule is N#C/C(=C/c1c[nH]c2ccccc12)C(=O)N1CCOCC1. The highest BCUT2D eigenvalue weighted by atomic mass is 16.5. The molecule has 2 aromatic rings. The van der Waals surface area contributed by atoms with Gasteiger partial charge in [0, 0.05) is 35.8 Å². The molecule has 1 aliphatic rings. The molecule has 1 fully saturated rings. The summed E-state index contributed by atoms with van der Waals surface area (Å²) >= 11 is 0. The topological polar surface area (TPSA) is 69.1 Å². The number of nitrogens with one attached hydrogen (secondary N) is 1. The summed E-state index contributed by atoms with van der Waals surface area (Å²) in [5.74, 6) is -0.230. The number of carbonyl (C=O) groups is 1. The van der Waals surface area contributed by atoms with Crippen LogP contribution >= 0.6 is 0 Å². The van der Waals surface area contributed by atoms with Crippen LogP contribution in [0.3, 0.4) is 0 Å². The lowest BCUT2D eigenvalue weighted by atomic mass is 10.1. The molecule has 0 atom stereocenters. The van der Waals surface area contributed by atoms with Crippen molar-refractivity contribution in [3.8, 4) is 6.07 Å². The lowest BCUT2D eigenvalue weighted by Crippen LogP contribution is -2.41. The van der Waals surface area contributed by atoms with Gasteiger partial charge >= 0.3 is 0 Å². The second-order valence-electron chi connectivity index (χ2n) is 4.86. The van der Waals surface area contributed by atoms with Crippen molar-refractivity contribution in [2.75, 3.05) is 26.3 Å². The molecule has 5 nitrogen and oxygen atoms in total. The number of nitrogens with zero attached hydrogens (tertiary/aromatic N) is 2. The van der Waals surface area contributed by atoms with Crippen molar-refractivity contribution in [3.63, 3.8) is 0 Å². The van der Waals surface area contributed by atoms with Crippen molar-refractivity contribution in [3.05, 3.63) is 41.6 Å². The largest absolute Gasteiger partial charge is 0.378 e. The molecule has 1 N–H and O–H groups in total. The number of nitriles is 1. The number of carbonyl (C=O) groups excluding carboxylic acids is 1. The molecular weight excluding hydrogens is 266 g/mol. The van der Waals surface area contributed by atoms with Crippen molar-refractivity contribution >= 4 is 22.9 Å². The van der Waals surface area contributed by atoms with E-state index in [0.717, 1.165) is 16.5 Å². The van der Waals surface area contributed by atoms with Gasteiger partial charge in [0.25, 0.3) is 5.91 Å². The molecule has 1 amide bonds. The minimum atomic E-state index is -0.230. The van der Waals surface area contributed by atoms with E-state index in [0.29, 0.717) is 26.3 Å². The summed E-state index contributed by atoms with van der Waals surface area (Å²) in [5, 5.41) is 10.3. The molecule has 0 saturated carbocycles. The van der Waals surface area contributed by atoms with Crippen LogP contribution < -0.4 is 0 Å². The number of amides is 1. The molecule has 0 unspecified atom stereocenters. The third-order valence-electron chi connectivity index (χ3n) is 3.57. The molecule has 106 valence electrons. The van der Waals surface area contributed by atoms with Gasteiger partial charge in [0.05, 0.1) is 13.2 Å². The molecule has 3 rings (SSSR count). The second kappa shape index (κ2) is 5.81. The number of aromatic nitrogens is 1. The highest BCUT2D eigenvalue weighted by molar-refractivity contribution is 6.04. The third-order valence-corrected chi connectivity index (χ3v) is 3.57. The van der Waals surface area contributed by atoms with Crippen LogP contribution in [0.2, 0.25) is 0 Å². The summed E-state index contributed by atoms with van der Waals surface area (Å²) in [4.78, 5) is 17.2. The van der Waals surface area contributed by atoms with Crippen molar-refractivity contribution < 1.29 is 9.53 Å². The number of aromatic amines is 1. The van der Waals surface area contributed by atoms with Crippen molar-refractivity contribution in [1.82, 2.24) is 9.88 Å². The van der Waals surface area contributed by atoms with Gasteiger partial charge in [-0.15, -0.1) is 0 Å². The first-order chi connectivity index (χ1) is 10.3. The van der Waals surface area contributed by atoms with E-state index in [9.17, 15) is 10.1 Å². The quantitative estimate of drug-likeness (QED) is 0.675. The van der Waals surface area contributed by atoms with Crippen LogP contribution in [0.4, 0.5) is 0 Å². The summed E-state index contributed by atoms with van der Waals surface area (Å²) in [5.41, 5.74) is 1.99. The van der Waals surface area contributed by atoms with E-state index in [2.05, 4.69) is 4.98 Å². The fraction of sp³-hybridized carbons (Fsp3) is 0.250. The molecule has 21 heavy (non-hydrogen) atoms. The van der Waals surface area contributed by atoms with Crippen LogP contribution in [0.15, 0.2) is 36.0 Å². The Morgan fingerprint density at radius 1 is 1.33 bits per heavy atom. The van der Waals surface area contributed by atoms with Crippen molar-refractivity contribution in [2.45, 2.75) is 0 Å². The smallest absolute Gasteiger partial charge is 0.264 e. The Kier molecular flexibility index (Phi) is 3.71. The van der Waals surface area contributed by atoms with Crippen molar-refractivity contribution in [1.29, 1.82) is 5.26 Å². The van der Waals surface area contributed by atoms with Gasteiger partial charge in [-0.2, -0.15) is 5.26 Å². The molecular formula is C16H15N3O2. The van der Waals surface area contributed by atoms with Gasteiger partial charge in [-0.05, 0) is 12.1 Å². The number of para-hydroxylation sites is 1. The minimum absolute atomic E-state index is 0.154. The zero-order valence-electron chi connectivity index (χ0n) is 11.5. The fourth-order valence-corrected chi connectivity index (χ4v) is 2.45. The number of hydrogen-bond donors (Lipinski definition) is 1. The Labute approximate surface area is 122 Å². The third kappa shape index (κ3) is 2.67. The maximum absolute atomic E-state index is 12.4. The molecule has 0 spiro atoms. The predicted molar refractivity (Wildman–Crippen MR) is 79.3 cm³/mol. The normalized spacial score (nSPS) is 16.0. The van der Waals surface area contributed by atoms with E-state index in [1.165, 1.54) is 0 Å². The number of hydrogen-bond acceptors (Lipinski definition) is 3. The van der Waals surface area contributed by atoms with E-state index in [4.69, 9.17) is 4.74 Å². The van der Waals surface area contributed by atoms with Gasteiger partial charge < -0.3 is 14.6 Å². The summed E-state index contributed by atoms with van der Waals surface area (Å²) in [6.45, 7) is 2.12. The Morgan fingerprint density at radius 2 is 2.10 bits per heavy atom. The molecule has 1 aromatic carbocycles. The average Bonchev–Trinajstić information content (AvgIpc) is 2.96. The van der Waals surface area contributed by atoms with Crippen molar-refractivity contribution in [2.24, 2.45) is 0 Å². The Hall–Kier alpha value is -2.58. The van der Waals surface area contributed by atoms with Gasteiger partial charge in [0.15, 0.2) is 0 Å². The number of benzene rings is 1. The molecule has 0 radical (unpaired) electrons. The van der Waals surface area contributed by atoms with Crippen LogP contribution in [0.5, 0.6) is 0 Å². The molecule has 2 heterocycles. The van der Waals surface area contributed by atoms with Gasteiger partial charge in [-0.3, -0.25) is 4.79 Å². The zero-order valence-corrected chi connectivity index (χ0v) is 11.5. The van der Waals surface area contributed by atoms with Crippen LogP contribution in [0.1, 0.15) is 5.56 Å². The van der Waals surface area contributed by atoms with Crippen LogP contribution in [-0.4, -0.2) is 42.1 Å². The number of rotatable bonds is 2. The van der Waals surface area contributed by atoms with Gasteiger partial charge in [0.2, 0.25) is 0 Å². The summed E-state index contributed by atoms with van der Waals surface area (Å²) in [7, 11) is 0. The maximum atomic E-state index is 12.4. The highest BCUT2D eigenvalue weighted by Gasteiger charge is 2.20. The molecule has 5 heteroatoms. The van der Waals surface area contributed by atoms with E-state index in [1.807, 2.05) is 36.5 Å². The summed E-state index contributed by atoms with van der Waals surface area (Å²) in [6, 6.07) is 9.82. The van der Waals surface area contributed by atoms with Gasteiger partial charge in [0.1, 0.15) is 11.6 Å². The van der Waals surface area contributed by atoms with E-state index >= 15 is 0 Å². The molecule has 1 aromatic heterocycles. The Balaban J connectivity index is 1.92. The highest BCUT2D eigenvalue weighted by Crippen LogP contribution is 2.20. The van der Waals surface area contributed by atoms with E-state index in [-0.39, 0.29) is 11.5 Å². The molecule has 1 saturated heterocycles. The Morgan fingerprint density at radius 3 is 2.86 bits per heavy atom. The molecule has 0 aliphatic carbocycles. The first-order valence-corrected chi connectivity index (χ1v) is 6.84. The maximum Gasteiger partial charge on any atom is 0.264 e. The first kappa shape index (κ1) is 13.4. The van der Waals surface area contributed by atoms with Gasteiger partial charge in [-0.25, -0.2) is 0 Å². The summed E-state index contributed by atoms with van der Waals surface area (Å²) in [6.07, 6.45) is 3.46. The first-order valence-electron chi connectivity index (χ1n) is 6.84. The number of morpholine rings is 1. The number of H-pyrrole nitrogens is 1. The Bertz CT molecular complexity index is 733. The molecule has 0 bridgehead atoms. The van der Waals surface area contributed by atoms with E-state index < -0.39 is 0 Å². The van der Waals surface area contributed by atoms with Crippen LogP contribution in [0, 0.1) is 11.3 Å². The zero-order chi connectivity index (χ0) is 14.7.